The molecule has 0 saturated carbocycles. The standard InChI is InChI=1S/C9H9N3O/c1-5-2-3-6-8(7(5)10)11-4-12-9(6)13/h2-4H,10H2,1H3,(H,11,12,13). The third-order valence-corrected chi connectivity index (χ3v) is 2.07. The Morgan fingerprint density at radius 1 is 1.46 bits per heavy atom. The van der Waals surface area contributed by atoms with Crippen LogP contribution in [0.3, 0.4) is 0 Å². The van der Waals surface area contributed by atoms with Crippen LogP contribution in [0.4, 0.5) is 5.69 Å². The van der Waals surface area contributed by atoms with Gasteiger partial charge in [-0.1, -0.05) is 6.07 Å². The minimum Gasteiger partial charge on any atom is -0.397 e. The average Bonchev–Trinajstić information content (AvgIpc) is 2.12. The summed E-state index contributed by atoms with van der Waals surface area (Å²) < 4.78 is 0. The number of H-pyrrole nitrogens is 1. The maximum Gasteiger partial charge on any atom is 0.258 e. The van der Waals surface area contributed by atoms with Crippen molar-refractivity contribution < 1.29 is 0 Å². The van der Waals surface area contributed by atoms with Crippen LogP contribution in [0.5, 0.6) is 0 Å². The summed E-state index contributed by atoms with van der Waals surface area (Å²) in [7, 11) is 0. The second kappa shape index (κ2) is 2.58. The van der Waals surface area contributed by atoms with Crippen molar-refractivity contribution in [2.24, 2.45) is 0 Å². The van der Waals surface area contributed by atoms with Crippen molar-refractivity contribution in [1.29, 1.82) is 0 Å². The molecule has 1 heterocycles. The van der Waals surface area contributed by atoms with Gasteiger partial charge in [0.2, 0.25) is 0 Å². The molecule has 0 atom stereocenters. The van der Waals surface area contributed by atoms with Crippen LogP contribution in [0.25, 0.3) is 10.9 Å². The van der Waals surface area contributed by atoms with Crippen LogP contribution in [-0.4, -0.2) is 9.97 Å². The Bertz CT molecular complexity index is 516. The van der Waals surface area contributed by atoms with Gasteiger partial charge in [-0.15, -0.1) is 0 Å². The summed E-state index contributed by atoms with van der Waals surface area (Å²) in [5.41, 5.74) is 7.70. The predicted molar refractivity (Wildman–Crippen MR) is 51.5 cm³/mol. The Morgan fingerprint density at radius 2 is 2.23 bits per heavy atom. The molecule has 66 valence electrons. The van der Waals surface area contributed by atoms with E-state index in [1.807, 2.05) is 13.0 Å². The van der Waals surface area contributed by atoms with E-state index in [1.165, 1.54) is 6.33 Å². The highest BCUT2D eigenvalue weighted by Crippen LogP contribution is 2.18. The fourth-order valence-electron chi connectivity index (χ4n) is 1.26. The zero-order valence-corrected chi connectivity index (χ0v) is 7.16. The van der Waals surface area contributed by atoms with Crippen LogP contribution in [-0.2, 0) is 0 Å². The Morgan fingerprint density at radius 3 is 3.00 bits per heavy atom. The number of aromatic nitrogens is 2. The highest BCUT2D eigenvalue weighted by Gasteiger charge is 2.03. The smallest absolute Gasteiger partial charge is 0.258 e. The van der Waals surface area contributed by atoms with E-state index in [9.17, 15) is 4.79 Å². The van der Waals surface area contributed by atoms with Gasteiger partial charge in [0.05, 0.1) is 17.4 Å². The molecule has 0 aliphatic carbocycles. The SMILES string of the molecule is Cc1ccc2c(=O)[nH]cnc2c1N. The molecule has 0 saturated heterocycles. The van der Waals surface area contributed by atoms with Gasteiger partial charge in [0, 0.05) is 0 Å². The van der Waals surface area contributed by atoms with Crippen molar-refractivity contribution in [1.82, 2.24) is 9.97 Å². The third-order valence-electron chi connectivity index (χ3n) is 2.07. The first-order valence-electron chi connectivity index (χ1n) is 3.92. The van der Waals surface area contributed by atoms with Gasteiger partial charge in [-0.2, -0.15) is 0 Å². The van der Waals surface area contributed by atoms with Crippen LogP contribution in [0.1, 0.15) is 5.56 Å². The number of nitrogens with zero attached hydrogens (tertiary/aromatic N) is 1. The lowest BCUT2D eigenvalue weighted by molar-refractivity contribution is 1.17. The van der Waals surface area contributed by atoms with Crippen LogP contribution in [0, 0.1) is 6.92 Å². The Kier molecular flexibility index (Phi) is 1.55. The molecule has 0 spiro atoms. The summed E-state index contributed by atoms with van der Waals surface area (Å²) in [4.78, 5) is 17.8. The van der Waals surface area contributed by atoms with Crippen molar-refractivity contribution in [2.75, 3.05) is 5.73 Å². The molecule has 0 bridgehead atoms. The highest BCUT2D eigenvalue weighted by molar-refractivity contribution is 5.89. The summed E-state index contributed by atoms with van der Waals surface area (Å²) in [6.07, 6.45) is 1.36. The number of aryl methyl sites for hydroxylation is 1. The lowest BCUT2D eigenvalue weighted by Gasteiger charge is -2.02. The Hall–Kier alpha value is -1.84. The van der Waals surface area contributed by atoms with Crippen LogP contribution < -0.4 is 11.3 Å². The summed E-state index contributed by atoms with van der Waals surface area (Å²) in [5, 5.41) is 0.533. The first kappa shape index (κ1) is 7.79. The van der Waals surface area contributed by atoms with Crippen LogP contribution in [0.15, 0.2) is 23.3 Å². The molecule has 0 aliphatic rings. The van der Waals surface area contributed by atoms with Gasteiger partial charge in [0.15, 0.2) is 0 Å². The molecule has 0 aliphatic heterocycles. The fraction of sp³-hybridized carbons (Fsp3) is 0.111. The molecule has 2 rings (SSSR count). The number of nitrogens with two attached hydrogens (primary N) is 1. The zero-order chi connectivity index (χ0) is 9.42. The van der Waals surface area contributed by atoms with E-state index in [1.54, 1.807) is 6.07 Å². The quantitative estimate of drug-likeness (QED) is 0.582. The summed E-state index contributed by atoms with van der Waals surface area (Å²) >= 11 is 0. The fourth-order valence-corrected chi connectivity index (χ4v) is 1.26. The topological polar surface area (TPSA) is 71.8 Å². The van der Waals surface area contributed by atoms with Crippen molar-refractivity contribution >= 4 is 16.6 Å². The molecule has 0 amide bonds. The van der Waals surface area contributed by atoms with Gasteiger partial charge in [-0.25, -0.2) is 4.98 Å². The number of benzene rings is 1. The van der Waals surface area contributed by atoms with E-state index in [0.717, 1.165) is 5.56 Å². The van der Waals surface area contributed by atoms with Crippen molar-refractivity contribution in [3.8, 4) is 0 Å². The first-order chi connectivity index (χ1) is 6.20. The molecule has 0 fully saturated rings. The van der Waals surface area contributed by atoms with Gasteiger partial charge in [-0.05, 0) is 18.6 Å². The zero-order valence-electron chi connectivity index (χ0n) is 7.16. The predicted octanol–water partition coefficient (Wildman–Crippen LogP) is 0.814. The van der Waals surface area contributed by atoms with Crippen LogP contribution >= 0.6 is 0 Å². The number of anilines is 1. The largest absolute Gasteiger partial charge is 0.397 e. The molecular weight excluding hydrogens is 166 g/mol. The van der Waals surface area contributed by atoms with Crippen molar-refractivity contribution in [2.45, 2.75) is 6.92 Å². The minimum atomic E-state index is -0.156. The maximum absolute atomic E-state index is 11.3. The van der Waals surface area contributed by atoms with Crippen molar-refractivity contribution in [3.63, 3.8) is 0 Å². The number of aromatic amines is 1. The summed E-state index contributed by atoms with van der Waals surface area (Å²) in [6, 6.07) is 3.54. The molecule has 3 N–H and O–H groups in total. The molecule has 4 heteroatoms. The lowest BCUT2D eigenvalue weighted by atomic mass is 10.1. The second-order valence-corrected chi connectivity index (χ2v) is 2.92. The second-order valence-electron chi connectivity index (χ2n) is 2.92. The highest BCUT2D eigenvalue weighted by atomic mass is 16.1. The average molecular weight is 175 g/mol. The lowest BCUT2D eigenvalue weighted by Crippen LogP contribution is -2.07. The molecule has 2 aromatic rings. The number of fused-ring (bicyclic) bond motifs is 1. The van der Waals surface area contributed by atoms with E-state index in [0.29, 0.717) is 16.6 Å². The Labute approximate surface area is 74.4 Å². The molecule has 1 aromatic heterocycles. The van der Waals surface area contributed by atoms with E-state index in [4.69, 9.17) is 5.73 Å². The third kappa shape index (κ3) is 1.07. The first-order valence-corrected chi connectivity index (χ1v) is 3.92. The maximum atomic E-state index is 11.3. The van der Waals surface area contributed by atoms with Gasteiger partial charge in [0.25, 0.3) is 5.56 Å². The van der Waals surface area contributed by atoms with E-state index in [2.05, 4.69) is 9.97 Å². The molecular formula is C9H9N3O. The van der Waals surface area contributed by atoms with Crippen molar-refractivity contribution in [3.05, 3.63) is 34.4 Å². The number of nitrogen functional groups attached to an aromatic ring is 1. The number of hydrogen-bond acceptors (Lipinski definition) is 3. The van der Waals surface area contributed by atoms with Gasteiger partial charge in [0.1, 0.15) is 5.52 Å². The molecule has 4 nitrogen and oxygen atoms in total. The van der Waals surface area contributed by atoms with E-state index in [-0.39, 0.29) is 5.56 Å². The van der Waals surface area contributed by atoms with E-state index < -0.39 is 0 Å². The van der Waals surface area contributed by atoms with Gasteiger partial charge >= 0.3 is 0 Å². The van der Waals surface area contributed by atoms with Crippen LogP contribution in [0.2, 0.25) is 0 Å². The summed E-state index contributed by atoms with van der Waals surface area (Å²) in [6.45, 7) is 1.89. The Balaban J connectivity index is 3.03. The number of nitrogens with one attached hydrogen (secondary N) is 1. The molecule has 0 radical (unpaired) electrons. The molecule has 1 aromatic carbocycles. The minimum absolute atomic E-state index is 0.156. The number of hydrogen-bond donors (Lipinski definition) is 2. The number of rotatable bonds is 0. The molecule has 13 heavy (non-hydrogen) atoms. The molecule has 0 unspecified atom stereocenters. The summed E-state index contributed by atoms with van der Waals surface area (Å²) in [5.74, 6) is 0. The van der Waals surface area contributed by atoms with E-state index >= 15 is 0 Å². The monoisotopic (exact) mass is 175 g/mol. The normalized spacial score (nSPS) is 10.5. The van der Waals surface area contributed by atoms with Gasteiger partial charge in [-0.3, -0.25) is 4.79 Å². The van der Waals surface area contributed by atoms with Gasteiger partial charge < -0.3 is 10.7 Å².